The van der Waals surface area contributed by atoms with Crippen molar-refractivity contribution < 1.29 is 19.1 Å². The third-order valence-electron chi connectivity index (χ3n) is 5.34. The number of fused-ring (bicyclic) bond motifs is 1. The minimum atomic E-state index is -0.414. The number of nitrogens with zero attached hydrogens (tertiary/aromatic N) is 2. The van der Waals surface area contributed by atoms with E-state index in [1.54, 1.807) is 17.0 Å². The highest BCUT2D eigenvalue weighted by atomic mass is 16.6. The number of cyclic esters (lactones) is 1. The first-order valence-electron chi connectivity index (χ1n) is 9.18. The van der Waals surface area contributed by atoms with E-state index in [4.69, 9.17) is 9.47 Å². The van der Waals surface area contributed by atoms with Crippen molar-refractivity contribution in [1.82, 2.24) is 9.80 Å². The van der Waals surface area contributed by atoms with E-state index < -0.39 is 5.54 Å². The van der Waals surface area contributed by atoms with Gasteiger partial charge >= 0.3 is 6.09 Å². The minimum Gasteiger partial charge on any atom is -0.457 e. The number of benzene rings is 2. The molecule has 1 unspecified atom stereocenters. The lowest BCUT2D eigenvalue weighted by Crippen LogP contribution is -2.62. The number of hydrogen-bond donors (Lipinski definition) is 0. The van der Waals surface area contributed by atoms with Crippen molar-refractivity contribution >= 4 is 12.0 Å². The second-order valence-electron chi connectivity index (χ2n) is 6.95. The first-order valence-corrected chi connectivity index (χ1v) is 9.18. The number of para-hydroxylation sites is 1. The average molecular weight is 366 g/mol. The Kier molecular flexibility index (Phi) is 4.48. The quantitative estimate of drug-likeness (QED) is 0.831. The summed E-state index contributed by atoms with van der Waals surface area (Å²) in [6.07, 6.45) is 0.474. The Hall–Kier alpha value is -3.02. The Bertz CT molecular complexity index is 854. The van der Waals surface area contributed by atoms with Crippen LogP contribution in [-0.4, -0.2) is 53.6 Å². The summed E-state index contributed by atoms with van der Waals surface area (Å²) in [6, 6.07) is 16.7. The standard InChI is InChI=1S/C21H22N2O4/c1-2-21-14-22(11-12-23(21)20(25)26-15-21)19(24)16-7-6-10-18(13-16)27-17-8-4-3-5-9-17/h3-10,13H,2,11-12,14-15H2,1H3. The summed E-state index contributed by atoms with van der Waals surface area (Å²) in [7, 11) is 0. The van der Waals surface area contributed by atoms with Crippen LogP contribution in [0.4, 0.5) is 4.79 Å². The number of piperazine rings is 1. The monoisotopic (exact) mass is 366 g/mol. The van der Waals surface area contributed by atoms with Crippen LogP contribution in [0.25, 0.3) is 0 Å². The number of hydrogen-bond acceptors (Lipinski definition) is 4. The van der Waals surface area contributed by atoms with Crippen molar-refractivity contribution in [2.45, 2.75) is 18.9 Å². The molecule has 2 saturated heterocycles. The van der Waals surface area contributed by atoms with E-state index in [9.17, 15) is 9.59 Å². The summed E-state index contributed by atoms with van der Waals surface area (Å²) in [5.74, 6) is 1.29. The van der Waals surface area contributed by atoms with Crippen LogP contribution in [0.2, 0.25) is 0 Å². The summed E-state index contributed by atoms with van der Waals surface area (Å²) < 4.78 is 11.1. The summed E-state index contributed by atoms with van der Waals surface area (Å²) in [4.78, 5) is 28.6. The number of ether oxygens (including phenoxy) is 2. The summed E-state index contributed by atoms with van der Waals surface area (Å²) in [5.41, 5.74) is 0.164. The van der Waals surface area contributed by atoms with Crippen molar-refractivity contribution in [3.63, 3.8) is 0 Å². The number of rotatable bonds is 4. The van der Waals surface area contributed by atoms with Gasteiger partial charge in [-0.2, -0.15) is 0 Å². The molecule has 140 valence electrons. The van der Waals surface area contributed by atoms with Gasteiger partial charge in [0, 0.05) is 25.2 Å². The van der Waals surface area contributed by atoms with Gasteiger partial charge in [0.1, 0.15) is 18.1 Å². The fourth-order valence-corrected chi connectivity index (χ4v) is 3.74. The zero-order chi connectivity index (χ0) is 18.9. The molecule has 0 bridgehead atoms. The number of carbonyl (C=O) groups is 2. The lowest BCUT2D eigenvalue weighted by molar-refractivity contribution is 0.0361. The first kappa shape index (κ1) is 17.4. The topological polar surface area (TPSA) is 59.1 Å². The molecule has 1 atom stereocenters. The second-order valence-corrected chi connectivity index (χ2v) is 6.95. The molecule has 2 fully saturated rings. The molecule has 0 aromatic heterocycles. The fourth-order valence-electron chi connectivity index (χ4n) is 3.74. The van der Waals surface area contributed by atoms with Crippen molar-refractivity contribution in [2.75, 3.05) is 26.2 Å². The Morgan fingerprint density at radius 2 is 1.89 bits per heavy atom. The lowest BCUT2D eigenvalue weighted by atomic mass is 9.92. The predicted molar refractivity (Wildman–Crippen MR) is 99.9 cm³/mol. The van der Waals surface area contributed by atoms with Gasteiger partial charge in [-0.3, -0.25) is 9.69 Å². The summed E-state index contributed by atoms with van der Waals surface area (Å²) >= 11 is 0. The van der Waals surface area contributed by atoms with E-state index in [1.165, 1.54) is 0 Å². The maximum Gasteiger partial charge on any atom is 0.410 e. The van der Waals surface area contributed by atoms with E-state index >= 15 is 0 Å². The predicted octanol–water partition coefficient (Wildman–Crippen LogP) is 3.54. The molecule has 2 aromatic rings. The molecule has 4 rings (SSSR count). The molecular weight excluding hydrogens is 344 g/mol. The molecule has 2 aromatic carbocycles. The molecule has 6 nitrogen and oxygen atoms in total. The lowest BCUT2D eigenvalue weighted by Gasteiger charge is -2.44. The molecule has 6 heteroatoms. The summed E-state index contributed by atoms with van der Waals surface area (Å²) in [6.45, 7) is 3.84. The van der Waals surface area contributed by atoms with Crippen molar-refractivity contribution in [2.24, 2.45) is 0 Å². The maximum absolute atomic E-state index is 13.1. The van der Waals surface area contributed by atoms with Gasteiger partial charge in [-0.1, -0.05) is 31.2 Å². The first-order chi connectivity index (χ1) is 13.1. The molecular formula is C21H22N2O4. The van der Waals surface area contributed by atoms with Gasteiger partial charge in [-0.25, -0.2) is 4.79 Å². The van der Waals surface area contributed by atoms with E-state index in [0.29, 0.717) is 37.6 Å². The van der Waals surface area contributed by atoms with Crippen LogP contribution >= 0.6 is 0 Å². The van der Waals surface area contributed by atoms with Gasteiger partial charge in [0.2, 0.25) is 0 Å². The molecule has 0 spiro atoms. The minimum absolute atomic E-state index is 0.0552. The number of amides is 2. The van der Waals surface area contributed by atoms with Crippen LogP contribution in [0.3, 0.4) is 0 Å². The molecule has 0 radical (unpaired) electrons. The third-order valence-corrected chi connectivity index (χ3v) is 5.34. The maximum atomic E-state index is 13.1. The molecule has 0 N–H and O–H groups in total. The Morgan fingerprint density at radius 3 is 2.67 bits per heavy atom. The van der Waals surface area contributed by atoms with E-state index in [0.717, 1.165) is 12.2 Å². The highest BCUT2D eigenvalue weighted by Gasteiger charge is 2.50. The molecule has 0 aliphatic carbocycles. The summed E-state index contributed by atoms with van der Waals surface area (Å²) in [5, 5.41) is 0. The number of carbonyl (C=O) groups excluding carboxylic acids is 2. The van der Waals surface area contributed by atoms with Gasteiger partial charge in [0.05, 0.1) is 5.54 Å². The largest absolute Gasteiger partial charge is 0.457 e. The Labute approximate surface area is 158 Å². The normalized spacial score (nSPS) is 21.6. The SMILES string of the molecule is CCC12COC(=O)N1CCN(C(=O)c1cccc(Oc3ccccc3)c1)C2. The van der Waals surface area contributed by atoms with Gasteiger partial charge in [0.25, 0.3) is 5.91 Å². The molecule has 27 heavy (non-hydrogen) atoms. The molecule has 2 amide bonds. The van der Waals surface area contributed by atoms with Crippen LogP contribution in [0.15, 0.2) is 54.6 Å². The van der Waals surface area contributed by atoms with Crippen LogP contribution in [0.5, 0.6) is 11.5 Å². The van der Waals surface area contributed by atoms with Gasteiger partial charge in [-0.15, -0.1) is 0 Å². The molecule has 2 aliphatic heterocycles. The molecule has 0 saturated carbocycles. The zero-order valence-electron chi connectivity index (χ0n) is 15.3. The average Bonchev–Trinajstić information content (AvgIpc) is 3.05. The van der Waals surface area contributed by atoms with Crippen LogP contribution in [0, 0.1) is 0 Å². The van der Waals surface area contributed by atoms with Crippen LogP contribution < -0.4 is 4.74 Å². The smallest absolute Gasteiger partial charge is 0.410 e. The van der Waals surface area contributed by atoms with E-state index in [2.05, 4.69) is 0 Å². The third kappa shape index (κ3) is 3.23. The van der Waals surface area contributed by atoms with Crippen molar-refractivity contribution in [1.29, 1.82) is 0 Å². The van der Waals surface area contributed by atoms with Gasteiger partial charge in [0.15, 0.2) is 0 Å². The molecule has 2 aliphatic rings. The fraction of sp³-hybridized carbons (Fsp3) is 0.333. The Balaban J connectivity index is 1.51. The van der Waals surface area contributed by atoms with Crippen molar-refractivity contribution in [3.8, 4) is 11.5 Å². The van der Waals surface area contributed by atoms with E-state index in [1.807, 2.05) is 54.3 Å². The highest BCUT2D eigenvalue weighted by Crippen LogP contribution is 2.32. The van der Waals surface area contributed by atoms with Crippen molar-refractivity contribution in [3.05, 3.63) is 60.2 Å². The second kappa shape index (κ2) is 6.95. The molecule has 2 heterocycles. The zero-order valence-corrected chi connectivity index (χ0v) is 15.3. The van der Waals surface area contributed by atoms with E-state index in [-0.39, 0.29) is 12.0 Å². The van der Waals surface area contributed by atoms with Crippen LogP contribution in [-0.2, 0) is 4.74 Å². The van der Waals surface area contributed by atoms with Gasteiger partial charge in [-0.05, 0) is 36.8 Å². The van der Waals surface area contributed by atoms with Gasteiger partial charge < -0.3 is 14.4 Å². The Morgan fingerprint density at radius 1 is 1.11 bits per heavy atom. The highest BCUT2D eigenvalue weighted by molar-refractivity contribution is 5.95. The van der Waals surface area contributed by atoms with Crippen LogP contribution in [0.1, 0.15) is 23.7 Å².